The number of nitrogens with one attached hydrogen (secondary N) is 2. The van der Waals surface area contributed by atoms with Crippen LogP contribution in [-0.2, 0) is 16.2 Å². The molecule has 0 saturated heterocycles. The minimum Gasteiger partial charge on any atom is -0.393 e. The van der Waals surface area contributed by atoms with Crippen molar-refractivity contribution in [2.45, 2.75) is 42.4 Å². The number of halogens is 3. The Kier molecular flexibility index (Phi) is 6.12. The van der Waals surface area contributed by atoms with E-state index in [1.165, 1.54) is 43.7 Å². The molecule has 0 unspecified atom stereocenters. The van der Waals surface area contributed by atoms with Crippen LogP contribution in [0.2, 0.25) is 0 Å². The zero-order valence-corrected chi connectivity index (χ0v) is 18.2. The molecule has 0 bridgehead atoms. The van der Waals surface area contributed by atoms with Gasteiger partial charge >= 0.3 is 6.18 Å². The summed E-state index contributed by atoms with van der Waals surface area (Å²) in [7, 11) is -2.34. The molecule has 0 aliphatic heterocycles. The summed E-state index contributed by atoms with van der Waals surface area (Å²) in [4.78, 5) is 7.82. The van der Waals surface area contributed by atoms with Crippen LogP contribution in [0.4, 0.5) is 24.8 Å². The molecule has 0 spiro atoms. The molecule has 176 valence electrons. The van der Waals surface area contributed by atoms with Gasteiger partial charge in [0.25, 0.3) is 0 Å². The van der Waals surface area contributed by atoms with Crippen molar-refractivity contribution in [2.75, 3.05) is 12.4 Å². The molecule has 33 heavy (non-hydrogen) atoms. The maximum atomic E-state index is 13.6. The predicted molar refractivity (Wildman–Crippen MR) is 113 cm³/mol. The highest BCUT2D eigenvalue weighted by atomic mass is 32.2. The van der Waals surface area contributed by atoms with Crippen molar-refractivity contribution in [1.82, 2.24) is 24.5 Å². The molecule has 1 aromatic carbocycles. The quantitative estimate of drug-likeness (QED) is 0.494. The largest absolute Gasteiger partial charge is 0.421 e. The van der Waals surface area contributed by atoms with Gasteiger partial charge < -0.3 is 10.4 Å². The van der Waals surface area contributed by atoms with Gasteiger partial charge in [-0.05, 0) is 62.1 Å². The van der Waals surface area contributed by atoms with E-state index < -0.39 is 33.7 Å². The van der Waals surface area contributed by atoms with Gasteiger partial charge in [-0.2, -0.15) is 23.3 Å². The smallest absolute Gasteiger partial charge is 0.393 e. The summed E-state index contributed by atoms with van der Waals surface area (Å²) in [5.74, 6) is -0.537. The van der Waals surface area contributed by atoms with Gasteiger partial charge in [0.1, 0.15) is 5.56 Å². The lowest BCUT2D eigenvalue weighted by atomic mass is 10.0. The highest BCUT2D eigenvalue weighted by Crippen LogP contribution is 2.36. The topological polar surface area (TPSA) is 122 Å². The molecule has 3 N–H and O–H groups in total. The van der Waals surface area contributed by atoms with Gasteiger partial charge in [-0.1, -0.05) is 0 Å². The molecular formula is C20H21F3N6O3S. The number of hydrogen-bond donors (Lipinski definition) is 3. The molecule has 1 saturated carbocycles. The SMILES string of the molecule is CNS(=O)(=O)c1ccc(Nc2ncc(C(F)(F)F)c(-n3cc([C@@H]4CC[C@@H](O)C4)cn3)n2)cc1. The molecule has 2 aromatic heterocycles. The summed E-state index contributed by atoms with van der Waals surface area (Å²) in [6, 6.07) is 5.58. The molecule has 0 amide bonds. The molecule has 1 aliphatic rings. The second-order valence-electron chi connectivity index (χ2n) is 7.67. The second kappa shape index (κ2) is 8.72. The molecule has 9 nitrogen and oxygen atoms in total. The Morgan fingerprint density at radius 3 is 2.48 bits per heavy atom. The van der Waals surface area contributed by atoms with E-state index in [1.54, 1.807) is 0 Å². The molecule has 2 atom stereocenters. The Morgan fingerprint density at radius 1 is 1.15 bits per heavy atom. The first-order chi connectivity index (χ1) is 15.6. The molecule has 3 aromatic rings. The number of sulfonamides is 1. The van der Waals surface area contributed by atoms with E-state index >= 15 is 0 Å². The van der Waals surface area contributed by atoms with E-state index in [0.29, 0.717) is 24.7 Å². The first-order valence-corrected chi connectivity index (χ1v) is 11.5. The molecule has 0 radical (unpaired) electrons. The lowest BCUT2D eigenvalue weighted by molar-refractivity contribution is -0.138. The van der Waals surface area contributed by atoms with Gasteiger partial charge in [-0.15, -0.1) is 0 Å². The minimum absolute atomic E-state index is 0.0231. The number of nitrogens with zero attached hydrogens (tertiary/aromatic N) is 4. The number of benzene rings is 1. The minimum atomic E-state index is -4.70. The summed E-state index contributed by atoms with van der Waals surface area (Å²) in [5, 5.41) is 16.6. The summed E-state index contributed by atoms with van der Waals surface area (Å²) in [6.45, 7) is 0. The highest BCUT2D eigenvalue weighted by molar-refractivity contribution is 7.89. The normalized spacial score (nSPS) is 19.1. The number of alkyl halides is 3. The van der Waals surface area contributed by atoms with Gasteiger partial charge in [0.15, 0.2) is 5.82 Å². The molecular weight excluding hydrogens is 461 g/mol. The van der Waals surface area contributed by atoms with Crippen molar-refractivity contribution >= 4 is 21.7 Å². The van der Waals surface area contributed by atoms with Crippen LogP contribution in [-0.4, -0.2) is 46.4 Å². The fourth-order valence-corrected chi connectivity index (χ4v) is 4.43. The van der Waals surface area contributed by atoms with Crippen LogP contribution >= 0.6 is 0 Å². The number of rotatable bonds is 6. The van der Waals surface area contributed by atoms with Crippen molar-refractivity contribution in [3.05, 3.63) is 54.0 Å². The van der Waals surface area contributed by atoms with E-state index in [-0.39, 0.29) is 16.8 Å². The van der Waals surface area contributed by atoms with Gasteiger partial charge in [0.2, 0.25) is 16.0 Å². The molecule has 2 heterocycles. The van der Waals surface area contributed by atoms with Crippen molar-refractivity contribution in [1.29, 1.82) is 0 Å². The van der Waals surface area contributed by atoms with Gasteiger partial charge in [0, 0.05) is 18.1 Å². The first-order valence-electron chi connectivity index (χ1n) is 10.0. The number of aromatic nitrogens is 4. The Morgan fingerprint density at radius 2 is 1.88 bits per heavy atom. The van der Waals surface area contributed by atoms with Crippen LogP contribution in [0.15, 0.2) is 47.8 Å². The second-order valence-corrected chi connectivity index (χ2v) is 9.55. The summed E-state index contributed by atoms with van der Waals surface area (Å²) >= 11 is 0. The fourth-order valence-electron chi connectivity index (χ4n) is 3.70. The van der Waals surface area contributed by atoms with E-state index in [4.69, 9.17) is 0 Å². The number of aliphatic hydroxyl groups excluding tert-OH is 1. The van der Waals surface area contributed by atoms with Crippen molar-refractivity contribution in [2.24, 2.45) is 0 Å². The summed E-state index contributed by atoms with van der Waals surface area (Å²) in [5.41, 5.74) is 0.0654. The van der Waals surface area contributed by atoms with Crippen LogP contribution in [0.25, 0.3) is 5.82 Å². The Labute approximate surface area is 187 Å². The van der Waals surface area contributed by atoms with Crippen LogP contribution in [0.3, 0.4) is 0 Å². The Bertz CT molecular complexity index is 1240. The van der Waals surface area contributed by atoms with Crippen LogP contribution < -0.4 is 10.0 Å². The molecule has 4 rings (SSSR count). The van der Waals surface area contributed by atoms with Gasteiger partial charge in [0.05, 0.1) is 17.2 Å². The van der Waals surface area contributed by atoms with E-state index in [2.05, 4.69) is 25.1 Å². The van der Waals surface area contributed by atoms with Crippen LogP contribution in [0.5, 0.6) is 0 Å². The van der Waals surface area contributed by atoms with Crippen molar-refractivity contribution < 1.29 is 26.7 Å². The third kappa shape index (κ3) is 4.99. The third-order valence-corrected chi connectivity index (χ3v) is 6.89. The predicted octanol–water partition coefficient (Wildman–Crippen LogP) is 2.96. The fraction of sp³-hybridized carbons (Fsp3) is 0.350. The number of aliphatic hydroxyl groups is 1. The molecule has 13 heteroatoms. The molecule has 1 fully saturated rings. The van der Waals surface area contributed by atoms with Gasteiger partial charge in [-0.25, -0.2) is 22.8 Å². The monoisotopic (exact) mass is 482 g/mol. The standard InChI is InChI=1S/C20H21F3N6O3S/c1-24-33(31,32)16-6-3-14(4-7-16)27-19-25-10-17(20(21,22)23)18(28-19)29-11-13(9-26-29)12-2-5-15(30)8-12/h3-4,6-7,9-12,15,24,30H,2,5,8H2,1H3,(H,25,27,28)/t12-,15-/m1/s1. The average Bonchev–Trinajstić information content (AvgIpc) is 3.42. The zero-order valence-electron chi connectivity index (χ0n) is 17.4. The van der Waals surface area contributed by atoms with Crippen LogP contribution in [0.1, 0.15) is 36.3 Å². The first kappa shape index (κ1) is 23.1. The van der Waals surface area contributed by atoms with Crippen LogP contribution in [0, 0.1) is 0 Å². The van der Waals surface area contributed by atoms with Crippen molar-refractivity contribution in [3.8, 4) is 5.82 Å². The lowest BCUT2D eigenvalue weighted by Gasteiger charge is -2.13. The maximum Gasteiger partial charge on any atom is 0.421 e. The third-order valence-electron chi connectivity index (χ3n) is 5.46. The summed E-state index contributed by atoms with van der Waals surface area (Å²) < 4.78 is 67.7. The average molecular weight is 482 g/mol. The van der Waals surface area contributed by atoms with E-state index in [9.17, 15) is 26.7 Å². The van der Waals surface area contributed by atoms with E-state index in [0.717, 1.165) is 16.7 Å². The van der Waals surface area contributed by atoms with E-state index in [1.807, 2.05) is 0 Å². The maximum absolute atomic E-state index is 13.6. The number of anilines is 2. The van der Waals surface area contributed by atoms with Crippen molar-refractivity contribution in [3.63, 3.8) is 0 Å². The number of hydrogen-bond acceptors (Lipinski definition) is 7. The Balaban J connectivity index is 1.64. The zero-order chi connectivity index (χ0) is 23.8. The van der Waals surface area contributed by atoms with Gasteiger partial charge in [-0.3, -0.25) is 0 Å². The summed E-state index contributed by atoms with van der Waals surface area (Å²) in [6.07, 6.45) is 0.425. The highest BCUT2D eigenvalue weighted by Gasteiger charge is 2.36. The Hall–Kier alpha value is -3.03. The molecule has 1 aliphatic carbocycles. The lowest BCUT2D eigenvalue weighted by Crippen LogP contribution is -2.18.